The van der Waals surface area contributed by atoms with Crippen molar-refractivity contribution in [2.24, 2.45) is 0 Å². The monoisotopic (exact) mass is 253 g/mol. The van der Waals surface area contributed by atoms with E-state index in [2.05, 4.69) is 12.2 Å². The van der Waals surface area contributed by atoms with Crippen molar-refractivity contribution in [2.75, 3.05) is 12.3 Å². The number of carboxylic acid groups (broad SMARTS) is 1. The number of thioether (sulfide) groups is 1. The van der Waals surface area contributed by atoms with Gasteiger partial charge >= 0.3 is 5.97 Å². The molecule has 0 unspecified atom stereocenters. The molecule has 1 aromatic carbocycles. The van der Waals surface area contributed by atoms with Crippen molar-refractivity contribution in [3.8, 4) is 0 Å². The topological polar surface area (TPSA) is 66.4 Å². The van der Waals surface area contributed by atoms with Crippen LogP contribution in [-0.4, -0.2) is 29.3 Å². The van der Waals surface area contributed by atoms with Crippen LogP contribution in [0.5, 0.6) is 0 Å². The third-order valence-electron chi connectivity index (χ3n) is 2.05. The van der Waals surface area contributed by atoms with Gasteiger partial charge in [-0.25, -0.2) is 0 Å². The number of carboxylic acids is 1. The van der Waals surface area contributed by atoms with Crippen molar-refractivity contribution < 1.29 is 14.7 Å². The number of carbonyl (C=O) groups is 2. The lowest BCUT2D eigenvalue weighted by molar-refractivity contribution is -0.136. The molecule has 0 fully saturated rings. The average Bonchev–Trinajstić information content (AvgIpc) is 2.30. The van der Waals surface area contributed by atoms with Gasteiger partial charge in [-0.3, -0.25) is 9.59 Å². The van der Waals surface area contributed by atoms with E-state index in [1.54, 1.807) is 23.9 Å². The van der Waals surface area contributed by atoms with Crippen molar-refractivity contribution in [1.82, 2.24) is 5.32 Å². The molecule has 0 aliphatic carbocycles. The largest absolute Gasteiger partial charge is 0.481 e. The van der Waals surface area contributed by atoms with Crippen LogP contribution in [0.15, 0.2) is 29.2 Å². The van der Waals surface area contributed by atoms with Crippen molar-refractivity contribution in [3.05, 3.63) is 29.8 Å². The summed E-state index contributed by atoms with van der Waals surface area (Å²) in [4.78, 5) is 23.0. The van der Waals surface area contributed by atoms with Crippen LogP contribution in [0.4, 0.5) is 0 Å². The first-order valence-electron chi connectivity index (χ1n) is 5.36. The summed E-state index contributed by atoms with van der Waals surface area (Å²) in [6.07, 6.45) is -0.0600. The lowest BCUT2D eigenvalue weighted by Gasteiger charge is -2.04. The summed E-state index contributed by atoms with van der Waals surface area (Å²) in [5.74, 6) is -0.163. The summed E-state index contributed by atoms with van der Waals surface area (Å²) in [5, 5.41) is 11.0. The second-order valence-corrected chi connectivity index (χ2v) is 4.69. The third kappa shape index (κ3) is 4.91. The molecule has 0 aromatic heterocycles. The molecule has 0 atom stereocenters. The Balaban J connectivity index is 2.48. The molecule has 0 saturated carbocycles. The number of hydrogen-bond acceptors (Lipinski definition) is 3. The van der Waals surface area contributed by atoms with Gasteiger partial charge in [0.05, 0.1) is 6.42 Å². The Morgan fingerprint density at radius 2 is 1.94 bits per heavy atom. The maximum Gasteiger partial charge on any atom is 0.305 e. The van der Waals surface area contributed by atoms with Crippen molar-refractivity contribution in [3.63, 3.8) is 0 Å². The molecule has 0 spiro atoms. The molecule has 0 heterocycles. The summed E-state index contributed by atoms with van der Waals surface area (Å²) < 4.78 is 0. The fraction of sp³-hybridized carbons (Fsp3) is 0.333. The molecular weight excluding hydrogens is 238 g/mol. The van der Waals surface area contributed by atoms with E-state index in [-0.39, 0.29) is 18.9 Å². The Labute approximate surface area is 104 Å². The van der Waals surface area contributed by atoms with Crippen molar-refractivity contribution in [2.45, 2.75) is 18.2 Å². The van der Waals surface area contributed by atoms with Crippen molar-refractivity contribution in [1.29, 1.82) is 0 Å². The predicted octanol–water partition coefficient (Wildman–Crippen LogP) is 2.00. The fourth-order valence-corrected chi connectivity index (χ4v) is 1.92. The highest BCUT2D eigenvalue weighted by atomic mass is 32.2. The SMILES string of the molecule is CCSc1ccc(C(=O)NCCC(=O)O)cc1. The third-order valence-corrected chi connectivity index (χ3v) is 2.95. The minimum Gasteiger partial charge on any atom is -0.481 e. The molecule has 2 N–H and O–H groups in total. The number of nitrogens with one attached hydrogen (secondary N) is 1. The van der Waals surface area contributed by atoms with Crippen LogP contribution in [0.25, 0.3) is 0 Å². The second-order valence-electron chi connectivity index (χ2n) is 3.36. The van der Waals surface area contributed by atoms with Crippen LogP contribution in [-0.2, 0) is 4.79 Å². The zero-order chi connectivity index (χ0) is 12.7. The van der Waals surface area contributed by atoms with E-state index in [0.717, 1.165) is 10.6 Å². The lowest BCUT2D eigenvalue weighted by Crippen LogP contribution is -2.25. The normalized spacial score (nSPS) is 9.94. The highest BCUT2D eigenvalue weighted by Crippen LogP contribution is 2.17. The fourth-order valence-electron chi connectivity index (χ4n) is 1.25. The van der Waals surface area contributed by atoms with Gasteiger partial charge in [0, 0.05) is 17.0 Å². The molecular formula is C12H15NO3S. The van der Waals surface area contributed by atoms with E-state index in [1.807, 2.05) is 12.1 Å². The first-order valence-corrected chi connectivity index (χ1v) is 6.35. The van der Waals surface area contributed by atoms with Gasteiger partial charge in [0.25, 0.3) is 5.91 Å². The molecule has 4 nitrogen and oxygen atoms in total. The number of hydrogen-bond donors (Lipinski definition) is 2. The van der Waals surface area contributed by atoms with Crippen molar-refractivity contribution >= 4 is 23.6 Å². The van der Waals surface area contributed by atoms with Crippen LogP contribution >= 0.6 is 11.8 Å². The smallest absolute Gasteiger partial charge is 0.305 e. The number of benzene rings is 1. The highest BCUT2D eigenvalue weighted by Gasteiger charge is 2.05. The average molecular weight is 253 g/mol. The first kappa shape index (κ1) is 13.6. The van der Waals surface area contributed by atoms with Crippen LogP contribution in [0.1, 0.15) is 23.7 Å². The van der Waals surface area contributed by atoms with Gasteiger partial charge in [-0.1, -0.05) is 6.92 Å². The van der Waals surface area contributed by atoms with E-state index >= 15 is 0 Å². The zero-order valence-corrected chi connectivity index (χ0v) is 10.4. The minimum absolute atomic E-state index is 0.0600. The molecule has 1 aromatic rings. The molecule has 1 amide bonds. The standard InChI is InChI=1S/C12H15NO3S/c1-2-17-10-5-3-9(4-6-10)12(16)13-8-7-11(14)15/h3-6H,2,7-8H2,1H3,(H,13,16)(H,14,15). The Morgan fingerprint density at radius 1 is 1.29 bits per heavy atom. The highest BCUT2D eigenvalue weighted by molar-refractivity contribution is 7.99. The molecule has 17 heavy (non-hydrogen) atoms. The van der Waals surface area contributed by atoms with E-state index < -0.39 is 5.97 Å². The van der Waals surface area contributed by atoms with Gasteiger partial charge in [-0.2, -0.15) is 0 Å². The first-order chi connectivity index (χ1) is 8.13. The molecule has 0 saturated heterocycles. The Hall–Kier alpha value is -1.49. The van der Waals surface area contributed by atoms with Gasteiger partial charge in [0.15, 0.2) is 0 Å². The number of aliphatic carboxylic acids is 1. The second kappa shape index (κ2) is 6.96. The molecule has 0 bridgehead atoms. The molecule has 5 heteroatoms. The van der Waals surface area contributed by atoms with Crippen LogP contribution in [0, 0.1) is 0 Å². The zero-order valence-electron chi connectivity index (χ0n) is 9.60. The summed E-state index contributed by atoms with van der Waals surface area (Å²) in [6.45, 7) is 2.22. The lowest BCUT2D eigenvalue weighted by atomic mass is 10.2. The van der Waals surface area contributed by atoms with Crippen LogP contribution < -0.4 is 5.32 Å². The quantitative estimate of drug-likeness (QED) is 0.761. The molecule has 0 aliphatic rings. The maximum absolute atomic E-state index is 11.6. The van der Waals surface area contributed by atoms with Gasteiger partial charge in [0.1, 0.15) is 0 Å². The Morgan fingerprint density at radius 3 is 2.47 bits per heavy atom. The predicted molar refractivity (Wildman–Crippen MR) is 67.4 cm³/mol. The number of rotatable bonds is 6. The Bertz CT molecular complexity index is 389. The van der Waals surface area contributed by atoms with Crippen LogP contribution in [0.2, 0.25) is 0 Å². The maximum atomic E-state index is 11.6. The minimum atomic E-state index is -0.917. The van der Waals surface area contributed by atoms with E-state index in [9.17, 15) is 9.59 Å². The summed E-state index contributed by atoms with van der Waals surface area (Å²) >= 11 is 1.71. The summed E-state index contributed by atoms with van der Waals surface area (Å²) in [6, 6.07) is 7.27. The van der Waals surface area contributed by atoms with Gasteiger partial charge in [-0.05, 0) is 30.0 Å². The summed E-state index contributed by atoms with van der Waals surface area (Å²) in [5.41, 5.74) is 0.552. The molecule has 0 radical (unpaired) electrons. The summed E-state index contributed by atoms with van der Waals surface area (Å²) in [7, 11) is 0. The van der Waals surface area contributed by atoms with Gasteiger partial charge < -0.3 is 10.4 Å². The molecule has 92 valence electrons. The number of carbonyl (C=O) groups excluding carboxylic acids is 1. The molecule has 0 aliphatic heterocycles. The van der Waals surface area contributed by atoms with Crippen LogP contribution in [0.3, 0.4) is 0 Å². The van der Waals surface area contributed by atoms with Gasteiger partial charge in [0.2, 0.25) is 0 Å². The molecule has 1 rings (SSSR count). The van der Waals surface area contributed by atoms with E-state index in [1.165, 1.54) is 0 Å². The Kier molecular flexibility index (Phi) is 5.56. The van der Waals surface area contributed by atoms with E-state index in [0.29, 0.717) is 5.56 Å². The van der Waals surface area contributed by atoms with E-state index in [4.69, 9.17) is 5.11 Å². The van der Waals surface area contributed by atoms with Gasteiger partial charge in [-0.15, -0.1) is 11.8 Å². The number of amides is 1.